The first-order valence-electron chi connectivity index (χ1n) is 9.16. The zero-order chi connectivity index (χ0) is 18.9. The molecule has 0 aromatic heterocycles. The minimum atomic E-state index is -0.509. The number of carbonyl (C=O) groups is 1. The topological polar surface area (TPSA) is 57.2 Å². The van der Waals surface area contributed by atoms with Crippen LogP contribution in [0.4, 0.5) is 0 Å². The molecular weight excluding hydrogens is 333 g/mol. The summed E-state index contributed by atoms with van der Waals surface area (Å²) in [6.45, 7) is 10.6. The second kappa shape index (κ2) is 7.21. The van der Waals surface area contributed by atoms with Crippen LogP contribution in [0.2, 0.25) is 0 Å². The molecule has 142 valence electrons. The third-order valence-corrected chi connectivity index (χ3v) is 5.49. The van der Waals surface area contributed by atoms with Gasteiger partial charge < -0.3 is 23.7 Å². The molecule has 1 aromatic rings. The van der Waals surface area contributed by atoms with Crippen LogP contribution in [0.5, 0.6) is 5.75 Å². The molecule has 26 heavy (non-hydrogen) atoms. The van der Waals surface area contributed by atoms with Crippen LogP contribution in [0.1, 0.15) is 44.5 Å². The second-order valence-corrected chi connectivity index (χ2v) is 7.81. The molecule has 0 N–H and O–H groups in total. The zero-order valence-corrected chi connectivity index (χ0v) is 16.3. The number of benzene rings is 1. The van der Waals surface area contributed by atoms with Crippen molar-refractivity contribution in [2.45, 2.75) is 45.3 Å². The Morgan fingerprint density at radius 2 is 1.81 bits per heavy atom. The molecule has 7 heteroatoms. The Bertz CT molecular complexity index is 652. The summed E-state index contributed by atoms with van der Waals surface area (Å²) in [7, 11) is 1.07. The summed E-state index contributed by atoms with van der Waals surface area (Å²) in [5, 5.41) is 0. The third-order valence-electron chi connectivity index (χ3n) is 5.49. The van der Waals surface area contributed by atoms with Gasteiger partial charge in [-0.3, -0.25) is 4.79 Å². The SMILES string of the molecule is COc1ccc(B2OC(C)(C)C(C)(C)O2)cc1C(=O)N1CCCOCC1. The van der Waals surface area contributed by atoms with Gasteiger partial charge in [-0.1, -0.05) is 6.07 Å². The van der Waals surface area contributed by atoms with Crippen molar-refractivity contribution in [2.24, 2.45) is 0 Å². The van der Waals surface area contributed by atoms with Gasteiger partial charge in [0.25, 0.3) is 5.91 Å². The number of rotatable bonds is 3. The van der Waals surface area contributed by atoms with Crippen molar-refractivity contribution in [1.82, 2.24) is 4.90 Å². The van der Waals surface area contributed by atoms with E-state index in [1.165, 1.54) is 0 Å². The number of hydrogen-bond acceptors (Lipinski definition) is 5. The van der Waals surface area contributed by atoms with E-state index in [-0.39, 0.29) is 5.91 Å². The number of nitrogens with zero attached hydrogens (tertiary/aromatic N) is 1. The minimum Gasteiger partial charge on any atom is -0.496 e. The molecule has 2 fully saturated rings. The molecule has 2 aliphatic rings. The molecule has 0 unspecified atom stereocenters. The number of ether oxygens (including phenoxy) is 2. The van der Waals surface area contributed by atoms with Gasteiger partial charge in [0.05, 0.1) is 30.5 Å². The summed E-state index contributed by atoms with van der Waals surface area (Å²) in [5.41, 5.74) is 0.494. The van der Waals surface area contributed by atoms with Gasteiger partial charge in [-0.25, -0.2) is 0 Å². The summed E-state index contributed by atoms with van der Waals surface area (Å²) in [4.78, 5) is 14.9. The van der Waals surface area contributed by atoms with Crippen molar-refractivity contribution >= 4 is 18.5 Å². The van der Waals surface area contributed by atoms with Crippen molar-refractivity contribution in [3.63, 3.8) is 0 Å². The van der Waals surface area contributed by atoms with Crippen molar-refractivity contribution in [2.75, 3.05) is 33.4 Å². The summed E-state index contributed by atoms with van der Waals surface area (Å²) >= 11 is 0. The van der Waals surface area contributed by atoms with E-state index < -0.39 is 18.3 Å². The fraction of sp³-hybridized carbons (Fsp3) is 0.632. The van der Waals surface area contributed by atoms with Gasteiger partial charge in [-0.05, 0) is 51.7 Å². The quantitative estimate of drug-likeness (QED) is 0.770. The van der Waals surface area contributed by atoms with Crippen molar-refractivity contribution in [3.05, 3.63) is 23.8 Å². The fourth-order valence-corrected chi connectivity index (χ4v) is 3.14. The minimum absolute atomic E-state index is 0.0503. The fourth-order valence-electron chi connectivity index (χ4n) is 3.14. The highest BCUT2D eigenvalue weighted by molar-refractivity contribution is 6.62. The van der Waals surface area contributed by atoms with Crippen LogP contribution in [0.3, 0.4) is 0 Å². The molecule has 1 amide bonds. The Balaban J connectivity index is 1.88. The van der Waals surface area contributed by atoms with E-state index in [0.29, 0.717) is 37.6 Å². The number of carbonyl (C=O) groups excluding carboxylic acids is 1. The Kier molecular flexibility index (Phi) is 5.33. The molecular formula is C19H28BNO5. The summed E-state index contributed by atoms with van der Waals surface area (Å²) in [6.07, 6.45) is 0.838. The van der Waals surface area contributed by atoms with Crippen LogP contribution in [0, 0.1) is 0 Å². The van der Waals surface area contributed by atoms with Crippen LogP contribution in [-0.2, 0) is 14.0 Å². The van der Waals surface area contributed by atoms with E-state index in [4.69, 9.17) is 18.8 Å². The molecule has 0 spiro atoms. The van der Waals surface area contributed by atoms with E-state index >= 15 is 0 Å². The smallest absolute Gasteiger partial charge is 0.494 e. The number of amides is 1. The highest BCUT2D eigenvalue weighted by atomic mass is 16.7. The van der Waals surface area contributed by atoms with E-state index in [0.717, 1.165) is 11.9 Å². The molecule has 2 heterocycles. The molecule has 0 radical (unpaired) electrons. The molecule has 0 aliphatic carbocycles. The normalized spacial score (nSPS) is 22.2. The first-order chi connectivity index (χ1) is 12.2. The molecule has 0 saturated carbocycles. The van der Waals surface area contributed by atoms with Crippen molar-refractivity contribution in [3.8, 4) is 5.75 Å². The first kappa shape index (κ1) is 19.2. The average molecular weight is 361 g/mol. The lowest BCUT2D eigenvalue weighted by Gasteiger charge is -2.32. The molecule has 3 rings (SSSR count). The lowest BCUT2D eigenvalue weighted by molar-refractivity contribution is 0.00578. The van der Waals surface area contributed by atoms with Gasteiger partial charge >= 0.3 is 7.12 Å². The van der Waals surface area contributed by atoms with E-state index in [1.807, 2.05) is 50.8 Å². The maximum atomic E-state index is 13.1. The summed E-state index contributed by atoms with van der Waals surface area (Å²) < 4.78 is 23.1. The third kappa shape index (κ3) is 3.61. The Morgan fingerprint density at radius 1 is 1.12 bits per heavy atom. The maximum absolute atomic E-state index is 13.1. The molecule has 1 aromatic carbocycles. The first-order valence-corrected chi connectivity index (χ1v) is 9.16. The summed E-state index contributed by atoms with van der Waals surface area (Å²) in [6, 6.07) is 5.53. The molecule has 0 atom stereocenters. The number of methoxy groups -OCH3 is 1. The molecule has 6 nitrogen and oxygen atoms in total. The van der Waals surface area contributed by atoms with E-state index in [9.17, 15) is 4.79 Å². The standard InChI is InChI=1S/C19H28BNO5/c1-18(2)19(3,4)26-20(25-18)14-7-8-16(23-5)15(13-14)17(22)21-9-6-11-24-12-10-21/h7-8,13H,6,9-12H2,1-5H3. The van der Waals surface area contributed by atoms with Crippen LogP contribution in [-0.4, -0.2) is 62.5 Å². The van der Waals surface area contributed by atoms with Crippen LogP contribution >= 0.6 is 0 Å². The highest BCUT2D eigenvalue weighted by Crippen LogP contribution is 2.36. The van der Waals surface area contributed by atoms with Gasteiger partial charge in [0.15, 0.2) is 0 Å². The van der Waals surface area contributed by atoms with E-state index in [1.54, 1.807) is 7.11 Å². The van der Waals surface area contributed by atoms with Crippen LogP contribution in [0.15, 0.2) is 18.2 Å². The van der Waals surface area contributed by atoms with Crippen molar-refractivity contribution in [1.29, 1.82) is 0 Å². The van der Waals surface area contributed by atoms with Gasteiger partial charge in [0.1, 0.15) is 5.75 Å². The van der Waals surface area contributed by atoms with Crippen molar-refractivity contribution < 1.29 is 23.6 Å². The predicted octanol–water partition coefficient (Wildman–Crippen LogP) is 1.86. The van der Waals surface area contributed by atoms with E-state index in [2.05, 4.69) is 0 Å². The van der Waals surface area contributed by atoms with Gasteiger partial charge in [0, 0.05) is 19.7 Å². The average Bonchev–Trinajstić information content (AvgIpc) is 2.80. The monoisotopic (exact) mass is 361 g/mol. The molecule has 0 bridgehead atoms. The number of hydrogen-bond donors (Lipinski definition) is 0. The van der Waals surface area contributed by atoms with Crippen LogP contribution in [0.25, 0.3) is 0 Å². The van der Waals surface area contributed by atoms with Gasteiger partial charge in [0.2, 0.25) is 0 Å². The van der Waals surface area contributed by atoms with Gasteiger partial charge in [-0.2, -0.15) is 0 Å². The maximum Gasteiger partial charge on any atom is 0.494 e. The second-order valence-electron chi connectivity index (χ2n) is 7.81. The Labute approximate surface area is 155 Å². The lowest BCUT2D eigenvalue weighted by Crippen LogP contribution is -2.41. The zero-order valence-electron chi connectivity index (χ0n) is 16.3. The predicted molar refractivity (Wildman–Crippen MR) is 100 cm³/mol. The van der Waals surface area contributed by atoms with Crippen LogP contribution < -0.4 is 10.2 Å². The lowest BCUT2D eigenvalue weighted by atomic mass is 9.78. The highest BCUT2D eigenvalue weighted by Gasteiger charge is 2.51. The largest absolute Gasteiger partial charge is 0.496 e. The Hall–Kier alpha value is -1.57. The van der Waals surface area contributed by atoms with Gasteiger partial charge in [-0.15, -0.1) is 0 Å². The molecule has 2 saturated heterocycles. The summed E-state index contributed by atoms with van der Waals surface area (Å²) in [5.74, 6) is 0.506. The Morgan fingerprint density at radius 3 is 2.46 bits per heavy atom. The molecule has 2 aliphatic heterocycles.